The van der Waals surface area contributed by atoms with Crippen molar-refractivity contribution in [3.63, 3.8) is 0 Å². The monoisotopic (exact) mass is 496 g/mol. The van der Waals surface area contributed by atoms with Crippen molar-refractivity contribution in [1.29, 1.82) is 0 Å². The summed E-state index contributed by atoms with van der Waals surface area (Å²) in [6.07, 6.45) is 2.50. The van der Waals surface area contributed by atoms with E-state index in [2.05, 4.69) is 24.1 Å². The highest BCUT2D eigenvalue weighted by molar-refractivity contribution is 7.99. The molecule has 10 heteroatoms. The minimum atomic E-state index is -0.531. The standard InChI is InChI=1S/C24H24N4O4S2/c1-14(2)10-12-28-22(30)20-19(16-8-6-11-25-21(16)34-20)27-24(28)33-13-18(29)26-17-9-5-4-7-15(17)23(31)32-3/h4-9,11,14H,10,12-13H2,1-3H3,(H,26,29). The van der Waals surface area contributed by atoms with Crippen LogP contribution in [-0.4, -0.2) is 39.3 Å². The van der Waals surface area contributed by atoms with Crippen LogP contribution in [0, 0.1) is 5.92 Å². The number of benzene rings is 1. The molecular formula is C24H24N4O4S2. The molecule has 0 fully saturated rings. The first-order chi connectivity index (χ1) is 16.4. The van der Waals surface area contributed by atoms with Gasteiger partial charge in [0, 0.05) is 18.1 Å². The third-order valence-corrected chi connectivity index (χ3v) is 7.25. The summed E-state index contributed by atoms with van der Waals surface area (Å²) < 4.78 is 7.00. The summed E-state index contributed by atoms with van der Waals surface area (Å²) in [5.41, 5.74) is 1.13. The number of esters is 1. The number of carbonyl (C=O) groups is 2. The zero-order chi connectivity index (χ0) is 24.2. The average molecular weight is 497 g/mol. The molecule has 34 heavy (non-hydrogen) atoms. The fourth-order valence-corrected chi connectivity index (χ4v) is 5.28. The minimum absolute atomic E-state index is 0.0233. The van der Waals surface area contributed by atoms with Crippen molar-refractivity contribution in [3.05, 3.63) is 58.5 Å². The molecule has 0 radical (unpaired) electrons. The maximum absolute atomic E-state index is 13.4. The number of methoxy groups -OCH3 is 1. The van der Waals surface area contributed by atoms with E-state index in [1.54, 1.807) is 35.0 Å². The van der Waals surface area contributed by atoms with Gasteiger partial charge in [0.2, 0.25) is 5.91 Å². The van der Waals surface area contributed by atoms with Gasteiger partial charge in [0.25, 0.3) is 5.56 Å². The molecule has 0 aliphatic heterocycles. The predicted molar refractivity (Wildman–Crippen MR) is 136 cm³/mol. The van der Waals surface area contributed by atoms with Gasteiger partial charge in [-0.1, -0.05) is 37.7 Å². The molecule has 4 rings (SSSR count). The van der Waals surface area contributed by atoms with E-state index in [-0.39, 0.29) is 22.8 Å². The molecule has 0 spiro atoms. The van der Waals surface area contributed by atoms with E-state index in [0.29, 0.717) is 33.5 Å². The zero-order valence-corrected chi connectivity index (χ0v) is 20.7. The summed E-state index contributed by atoms with van der Waals surface area (Å²) in [4.78, 5) is 48.0. The number of fused-ring (bicyclic) bond motifs is 3. The normalized spacial score (nSPS) is 11.3. The molecule has 176 valence electrons. The van der Waals surface area contributed by atoms with Gasteiger partial charge in [-0.15, -0.1) is 11.3 Å². The van der Waals surface area contributed by atoms with E-state index < -0.39 is 5.97 Å². The van der Waals surface area contributed by atoms with Crippen LogP contribution in [0.1, 0.15) is 30.6 Å². The molecule has 0 unspecified atom stereocenters. The largest absolute Gasteiger partial charge is 0.465 e. The first-order valence-electron chi connectivity index (χ1n) is 10.8. The molecule has 3 aromatic heterocycles. The predicted octanol–water partition coefficient (Wildman–Crippen LogP) is 4.57. The SMILES string of the molecule is COC(=O)c1ccccc1NC(=O)CSc1nc2c(sc3ncccc32)c(=O)n1CCC(C)C. The number of amides is 1. The van der Waals surface area contributed by atoms with E-state index in [4.69, 9.17) is 9.72 Å². The number of anilines is 1. The number of pyridine rings is 1. The highest BCUT2D eigenvalue weighted by Gasteiger charge is 2.19. The topological polar surface area (TPSA) is 103 Å². The van der Waals surface area contributed by atoms with Gasteiger partial charge in [0.15, 0.2) is 5.16 Å². The van der Waals surface area contributed by atoms with Gasteiger partial charge < -0.3 is 10.1 Å². The van der Waals surface area contributed by atoms with Crippen LogP contribution in [0.3, 0.4) is 0 Å². The first-order valence-corrected chi connectivity index (χ1v) is 12.6. The minimum Gasteiger partial charge on any atom is -0.465 e. The molecule has 0 saturated carbocycles. The molecule has 3 heterocycles. The second-order valence-electron chi connectivity index (χ2n) is 8.04. The van der Waals surface area contributed by atoms with E-state index in [1.165, 1.54) is 30.2 Å². The van der Waals surface area contributed by atoms with Crippen LogP contribution >= 0.6 is 23.1 Å². The van der Waals surface area contributed by atoms with Gasteiger partial charge in [-0.3, -0.25) is 14.2 Å². The van der Waals surface area contributed by atoms with Gasteiger partial charge in [0.1, 0.15) is 9.53 Å². The Labute approximate surface area is 204 Å². The maximum atomic E-state index is 13.4. The molecule has 0 saturated heterocycles. The lowest BCUT2D eigenvalue weighted by Gasteiger charge is -2.13. The lowest BCUT2D eigenvalue weighted by atomic mass is 10.1. The Hall–Kier alpha value is -3.24. The number of rotatable bonds is 8. The summed E-state index contributed by atoms with van der Waals surface area (Å²) in [5.74, 6) is -0.420. The Morgan fingerprint density at radius 3 is 2.76 bits per heavy atom. The zero-order valence-electron chi connectivity index (χ0n) is 19.0. The van der Waals surface area contributed by atoms with Crippen LogP contribution in [0.4, 0.5) is 5.69 Å². The van der Waals surface area contributed by atoms with Gasteiger partial charge in [-0.05, 0) is 36.6 Å². The van der Waals surface area contributed by atoms with Crippen LogP contribution in [0.5, 0.6) is 0 Å². The van der Waals surface area contributed by atoms with Crippen molar-refractivity contribution in [1.82, 2.24) is 14.5 Å². The number of hydrogen-bond donors (Lipinski definition) is 1. The molecule has 1 aromatic carbocycles. The van der Waals surface area contributed by atoms with Crippen molar-refractivity contribution < 1.29 is 14.3 Å². The third kappa shape index (κ3) is 4.97. The van der Waals surface area contributed by atoms with Gasteiger partial charge in [-0.2, -0.15) is 0 Å². The van der Waals surface area contributed by atoms with E-state index >= 15 is 0 Å². The highest BCUT2D eigenvalue weighted by Crippen LogP contribution is 2.30. The van der Waals surface area contributed by atoms with Gasteiger partial charge in [0.05, 0.1) is 29.6 Å². The van der Waals surface area contributed by atoms with Crippen molar-refractivity contribution >= 4 is 61.1 Å². The number of nitrogens with zero attached hydrogens (tertiary/aromatic N) is 3. The van der Waals surface area contributed by atoms with Gasteiger partial charge >= 0.3 is 5.97 Å². The van der Waals surface area contributed by atoms with Crippen LogP contribution in [0.2, 0.25) is 0 Å². The highest BCUT2D eigenvalue weighted by atomic mass is 32.2. The summed E-state index contributed by atoms with van der Waals surface area (Å²) in [7, 11) is 1.29. The summed E-state index contributed by atoms with van der Waals surface area (Å²) >= 11 is 2.53. The maximum Gasteiger partial charge on any atom is 0.339 e. The second-order valence-corrected chi connectivity index (χ2v) is 9.99. The first kappa shape index (κ1) is 23.9. The number of para-hydroxylation sites is 1. The van der Waals surface area contributed by atoms with Crippen molar-refractivity contribution in [2.45, 2.75) is 32.0 Å². The molecule has 0 aliphatic rings. The Morgan fingerprint density at radius 2 is 2.00 bits per heavy atom. The molecule has 4 aromatic rings. The summed E-state index contributed by atoms with van der Waals surface area (Å²) in [5, 5.41) is 4.07. The lowest BCUT2D eigenvalue weighted by Crippen LogP contribution is -2.24. The third-order valence-electron chi connectivity index (χ3n) is 5.19. The number of thiophene rings is 1. The number of ether oxygens (including phenoxy) is 1. The summed E-state index contributed by atoms with van der Waals surface area (Å²) in [6, 6.07) is 10.4. The van der Waals surface area contributed by atoms with Crippen molar-refractivity contribution in [2.75, 3.05) is 18.2 Å². The molecule has 0 atom stereocenters. The van der Waals surface area contributed by atoms with Crippen LogP contribution in [0.25, 0.3) is 20.4 Å². The fourth-order valence-electron chi connectivity index (χ4n) is 3.43. The number of aromatic nitrogens is 3. The molecule has 1 N–H and O–H groups in total. The fraction of sp³-hybridized carbons (Fsp3) is 0.292. The second kappa shape index (κ2) is 10.4. The number of carbonyl (C=O) groups excluding carboxylic acids is 2. The van der Waals surface area contributed by atoms with Crippen LogP contribution in [0.15, 0.2) is 52.5 Å². The van der Waals surface area contributed by atoms with Crippen LogP contribution < -0.4 is 10.9 Å². The van der Waals surface area contributed by atoms with Crippen molar-refractivity contribution in [2.24, 2.45) is 5.92 Å². The Bertz CT molecular complexity index is 1430. The Balaban J connectivity index is 1.63. The summed E-state index contributed by atoms with van der Waals surface area (Å²) in [6.45, 7) is 4.70. The van der Waals surface area contributed by atoms with E-state index in [1.807, 2.05) is 12.1 Å². The van der Waals surface area contributed by atoms with Gasteiger partial charge in [-0.25, -0.2) is 14.8 Å². The number of nitrogens with one attached hydrogen (secondary N) is 1. The molecule has 0 aliphatic carbocycles. The molecule has 0 bridgehead atoms. The van der Waals surface area contributed by atoms with E-state index in [0.717, 1.165) is 16.6 Å². The van der Waals surface area contributed by atoms with Crippen LogP contribution in [-0.2, 0) is 16.1 Å². The number of thioether (sulfide) groups is 1. The Morgan fingerprint density at radius 1 is 1.21 bits per heavy atom. The lowest BCUT2D eigenvalue weighted by molar-refractivity contribution is -0.113. The quantitative estimate of drug-likeness (QED) is 0.216. The number of hydrogen-bond acceptors (Lipinski definition) is 8. The molecule has 1 amide bonds. The van der Waals surface area contributed by atoms with E-state index in [9.17, 15) is 14.4 Å². The Kier molecular flexibility index (Phi) is 7.28. The molecular weight excluding hydrogens is 472 g/mol. The smallest absolute Gasteiger partial charge is 0.339 e. The average Bonchev–Trinajstić information content (AvgIpc) is 3.21. The molecule has 8 nitrogen and oxygen atoms in total. The van der Waals surface area contributed by atoms with Crippen molar-refractivity contribution in [3.8, 4) is 0 Å².